The number of rotatable bonds is 5. The molecule has 7 nitrogen and oxygen atoms in total. The Labute approximate surface area is 176 Å². The quantitative estimate of drug-likeness (QED) is 0.660. The first-order valence-electron chi connectivity index (χ1n) is 9.80. The number of likely N-dealkylation sites (N-methyl/N-ethyl adjacent to an activating group) is 1. The lowest BCUT2D eigenvalue weighted by Crippen LogP contribution is -2.36. The molecule has 0 spiro atoms. The highest BCUT2D eigenvalue weighted by atomic mass is 16.3. The lowest BCUT2D eigenvalue weighted by Gasteiger charge is -2.30. The van der Waals surface area contributed by atoms with Crippen molar-refractivity contribution in [1.82, 2.24) is 9.80 Å². The number of aromatic hydroxyl groups is 2. The molecule has 1 aliphatic heterocycles. The maximum atomic E-state index is 13.0. The summed E-state index contributed by atoms with van der Waals surface area (Å²) in [6.45, 7) is 3.28. The fourth-order valence-corrected chi connectivity index (χ4v) is 3.55. The summed E-state index contributed by atoms with van der Waals surface area (Å²) in [5, 5.41) is 22.6. The summed E-state index contributed by atoms with van der Waals surface area (Å²) in [6.07, 6.45) is 3.99. The van der Waals surface area contributed by atoms with Crippen LogP contribution in [0.5, 0.6) is 11.5 Å². The Morgan fingerprint density at radius 3 is 2.63 bits per heavy atom. The molecule has 3 N–H and O–H groups in total. The zero-order chi connectivity index (χ0) is 21.8. The number of carbonyl (C=O) groups is 2. The van der Waals surface area contributed by atoms with E-state index >= 15 is 0 Å². The van der Waals surface area contributed by atoms with Gasteiger partial charge in [0.1, 0.15) is 11.5 Å². The number of aryl methyl sites for hydroxylation is 1. The molecule has 30 heavy (non-hydrogen) atoms. The van der Waals surface area contributed by atoms with Crippen LogP contribution in [0.25, 0.3) is 0 Å². The number of phenols is 2. The first-order chi connectivity index (χ1) is 14.2. The summed E-state index contributed by atoms with van der Waals surface area (Å²) >= 11 is 0. The topological polar surface area (TPSA) is 93.1 Å². The summed E-state index contributed by atoms with van der Waals surface area (Å²) in [5.74, 6) is -0.790. The number of carbonyl (C=O) groups excluding carboxylic acids is 2. The lowest BCUT2D eigenvalue weighted by molar-refractivity contribution is -0.111. The molecule has 0 unspecified atom stereocenters. The number of hydrogen-bond acceptors (Lipinski definition) is 5. The van der Waals surface area contributed by atoms with E-state index in [4.69, 9.17) is 0 Å². The number of phenolic OH excluding ortho intramolecular Hbond substituents is 2. The van der Waals surface area contributed by atoms with Crippen molar-refractivity contribution in [1.29, 1.82) is 0 Å². The van der Waals surface area contributed by atoms with Gasteiger partial charge in [-0.25, -0.2) is 0 Å². The number of fused-ring (bicyclic) bond motifs is 1. The van der Waals surface area contributed by atoms with Gasteiger partial charge in [0, 0.05) is 37.5 Å². The van der Waals surface area contributed by atoms with Crippen molar-refractivity contribution in [3.63, 3.8) is 0 Å². The second kappa shape index (κ2) is 9.00. The number of anilines is 1. The fourth-order valence-electron chi connectivity index (χ4n) is 3.55. The summed E-state index contributed by atoms with van der Waals surface area (Å²) in [7, 11) is 3.86. The predicted octanol–water partition coefficient (Wildman–Crippen LogP) is 2.66. The Hall–Kier alpha value is -3.32. The van der Waals surface area contributed by atoms with Gasteiger partial charge in [-0.3, -0.25) is 9.59 Å². The first kappa shape index (κ1) is 21.4. The molecule has 0 saturated heterocycles. The van der Waals surface area contributed by atoms with E-state index in [-0.39, 0.29) is 28.9 Å². The number of hydrogen-bond donors (Lipinski definition) is 3. The molecule has 0 bridgehead atoms. The molecule has 0 atom stereocenters. The van der Waals surface area contributed by atoms with Crippen LogP contribution in [0.1, 0.15) is 27.0 Å². The van der Waals surface area contributed by atoms with Gasteiger partial charge < -0.3 is 25.3 Å². The zero-order valence-corrected chi connectivity index (χ0v) is 17.5. The van der Waals surface area contributed by atoms with Gasteiger partial charge in [-0.05, 0) is 62.3 Å². The third kappa shape index (κ3) is 4.99. The van der Waals surface area contributed by atoms with E-state index in [1.54, 1.807) is 17.9 Å². The Morgan fingerprint density at radius 1 is 1.17 bits per heavy atom. The molecule has 158 valence electrons. The van der Waals surface area contributed by atoms with Gasteiger partial charge in [-0.2, -0.15) is 0 Å². The van der Waals surface area contributed by atoms with Crippen LogP contribution in [-0.4, -0.2) is 59.0 Å². The maximum Gasteiger partial charge on any atom is 0.258 e. The predicted molar refractivity (Wildman–Crippen MR) is 116 cm³/mol. The van der Waals surface area contributed by atoms with Gasteiger partial charge in [-0.15, -0.1) is 0 Å². The molecule has 0 aromatic heterocycles. The summed E-state index contributed by atoms with van der Waals surface area (Å²) in [6, 6.07) is 8.36. The van der Waals surface area contributed by atoms with Crippen molar-refractivity contribution >= 4 is 17.5 Å². The maximum absolute atomic E-state index is 13.0. The highest BCUT2D eigenvalue weighted by Gasteiger charge is 2.25. The molecule has 0 aliphatic carbocycles. The SMILES string of the molecule is Cc1cc(O)cc(O)c1C(=O)N1CCc2ccc(NC(=O)/C=C/CN(C)C)cc2C1. The van der Waals surface area contributed by atoms with Crippen LogP contribution >= 0.6 is 0 Å². The Bertz CT molecular complexity index is 975. The molecule has 1 aliphatic rings. The van der Waals surface area contributed by atoms with Crippen molar-refractivity contribution < 1.29 is 19.8 Å². The van der Waals surface area contributed by atoms with Crippen LogP contribution in [-0.2, 0) is 17.8 Å². The number of amides is 2. The van der Waals surface area contributed by atoms with Gasteiger partial charge in [0.25, 0.3) is 5.91 Å². The normalized spacial score (nSPS) is 13.5. The monoisotopic (exact) mass is 409 g/mol. The molecule has 2 aromatic carbocycles. The van der Waals surface area contributed by atoms with Crippen molar-refractivity contribution in [2.75, 3.05) is 32.5 Å². The Morgan fingerprint density at radius 2 is 1.93 bits per heavy atom. The smallest absolute Gasteiger partial charge is 0.258 e. The summed E-state index contributed by atoms with van der Waals surface area (Å²) in [5.41, 5.74) is 3.49. The van der Waals surface area contributed by atoms with Gasteiger partial charge >= 0.3 is 0 Å². The van der Waals surface area contributed by atoms with E-state index in [9.17, 15) is 19.8 Å². The average Bonchev–Trinajstić information content (AvgIpc) is 2.66. The minimum absolute atomic E-state index is 0.0782. The second-order valence-electron chi connectivity index (χ2n) is 7.77. The Kier molecular flexibility index (Phi) is 6.42. The van der Waals surface area contributed by atoms with E-state index in [0.29, 0.717) is 37.3 Å². The lowest BCUT2D eigenvalue weighted by atomic mass is 9.97. The molecule has 1 heterocycles. The van der Waals surface area contributed by atoms with Crippen LogP contribution in [0.15, 0.2) is 42.5 Å². The van der Waals surface area contributed by atoms with Crippen LogP contribution in [0.4, 0.5) is 5.69 Å². The molecular weight excluding hydrogens is 382 g/mol. The molecule has 2 amide bonds. The van der Waals surface area contributed by atoms with Gasteiger partial charge in [0.15, 0.2) is 0 Å². The molecule has 0 radical (unpaired) electrons. The van der Waals surface area contributed by atoms with Crippen molar-refractivity contribution in [2.45, 2.75) is 19.9 Å². The van der Waals surface area contributed by atoms with Gasteiger partial charge in [0.2, 0.25) is 5.91 Å². The highest BCUT2D eigenvalue weighted by Crippen LogP contribution is 2.30. The molecule has 0 fully saturated rings. The highest BCUT2D eigenvalue weighted by molar-refractivity contribution is 6.00. The molecule has 2 aromatic rings. The van der Waals surface area contributed by atoms with Gasteiger partial charge in [-0.1, -0.05) is 12.1 Å². The third-order valence-corrected chi connectivity index (χ3v) is 5.03. The average molecular weight is 409 g/mol. The molecule has 7 heteroatoms. The number of nitrogens with zero attached hydrogens (tertiary/aromatic N) is 2. The summed E-state index contributed by atoms with van der Waals surface area (Å²) in [4.78, 5) is 28.7. The fraction of sp³-hybridized carbons (Fsp3) is 0.304. The van der Waals surface area contributed by atoms with Crippen molar-refractivity contribution in [3.05, 3.63) is 64.7 Å². The van der Waals surface area contributed by atoms with E-state index < -0.39 is 0 Å². The second-order valence-corrected chi connectivity index (χ2v) is 7.77. The number of benzene rings is 2. The van der Waals surface area contributed by atoms with Crippen LogP contribution in [0.2, 0.25) is 0 Å². The van der Waals surface area contributed by atoms with E-state index in [1.165, 1.54) is 18.2 Å². The standard InChI is InChI=1S/C23H27N3O4/c1-15-11-19(27)13-20(28)22(15)23(30)26-10-8-16-6-7-18(12-17(16)14-26)24-21(29)5-4-9-25(2)3/h4-7,11-13,27-28H,8-10,14H2,1-3H3,(H,24,29)/b5-4+. The first-order valence-corrected chi connectivity index (χ1v) is 9.80. The molecule has 3 rings (SSSR count). The summed E-state index contributed by atoms with van der Waals surface area (Å²) < 4.78 is 0. The van der Waals surface area contributed by atoms with Crippen LogP contribution in [0.3, 0.4) is 0 Å². The van der Waals surface area contributed by atoms with Gasteiger partial charge in [0.05, 0.1) is 5.56 Å². The van der Waals surface area contributed by atoms with Crippen molar-refractivity contribution in [3.8, 4) is 11.5 Å². The third-order valence-electron chi connectivity index (χ3n) is 5.03. The molecular formula is C23H27N3O4. The number of nitrogens with one attached hydrogen (secondary N) is 1. The minimum Gasteiger partial charge on any atom is -0.508 e. The minimum atomic E-state index is -0.281. The zero-order valence-electron chi connectivity index (χ0n) is 17.5. The van der Waals surface area contributed by atoms with E-state index in [2.05, 4.69) is 5.32 Å². The van der Waals surface area contributed by atoms with Crippen LogP contribution in [0, 0.1) is 6.92 Å². The van der Waals surface area contributed by atoms with E-state index in [1.807, 2.05) is 37.2 Å². The Balaban J connectivity index is 1.74. The van der Waals surface area contributed by atoms with Crippen LogP contribution < -0.4 is 5.32 Å². The molecule has 0 saturated carbocycles. The van der Waals surface area contributed by atoms with Crippen molar-refractivity contribution in [2.24, 2.45) is 0 Å². The largest absolute Gasteiger partial charge is 0.508 e. The van der Waals surface area contributed by atoms with E-state index in [0.717, 1.165) is 11.1 Å².